The van der Waals surface area contributed by atoms with E-state index in [9.17, 15) is 15.3 Å². The van der Waals surface area contributed by atoms with Gasteiger partial charge in [-0.15, -0.1) is 0 Å². The maximum absolute atomic E-state index is 12.3. The minimum atomic E-state index is -0.993. The smallest absolute Gasteiger partial charge is 0.140 e. The number of nitrogens with zero attached hydrogens (tertiary/aromatic N) is 2. The average Bonchev–Trinajstić information content (AvgIpc) is 3.05. The molecule has 8 atom stereocenters. The van der Waals surface area contributed by atoms with Gasteiger partial charge in [-0.2, -0.15) is 0 Å². The normalized spacial score (nSPS) is 46.3. The molecule has 8 heteroatoms. The van der Waals surface area contributed by atoms with Gasteiger partial charge >= 0.3 is 0 Å². The fourth-order valence-electron chi connectivity index (χ4n) is 7.59. The predicted molar refractivity (Wildman–Crippen MR) is 125 cm³/mol. The molecule has 0 bridgehead atoms. The Morgan fingerprint density at radius 1 is 1.09 bits per heavy atom. The lowest BCUT2D eigenvalue weighted by Crippen LogP contribution is -2.61. The van der Waals surface area contributed by atoms with Crippen LogP contribution in [0.1, 0.15) is 59.3 Å². The van der Waals surface area contributed by atoms with Gasteiger partial charge in [0.05, 0.1) is 35.8 Å². The van der Waals surface area contributed by atoms with Crippen molar-refractivity contribution >= 4 is 11.4 Å². The van der Waals surface area contributed by atoms with Crippen LogP contribution < -0.4 is 0 Å². The van der Waals surface area contributed by atoms with Crippen LogP contribution in [-0.2, 0) is 14.4 Å². The Labute approximate surface area is 196 Å². The van der Waals surface area contributed by atoms with Crippen molar-refractivity contribution in [1.82, 2.24) is 0 Å². The maximum atomic E-state index is 12.3. The number of oxime groups is 2. The van der Waals surface area contributed by atoms with Crippen molar-refractivity contribution in [1.29, 1.82) is 0 Å². The topological polar surface area (TPSA) is 113 Å². The first kappa shape index (κ1) is 24.6. The van der Waals surface area contributed by atoms with E-state index in [0.717, 1.165) is 36.3 Å². The number of aliphatic hydroxyl groups is 3. The Kier molecular flexibility index (Phi) is 6.68. The molecule has 3 N–H and O–H groups in total. The molecular formula is C25H40N2O6. The standard InChI is InChI=1S/C25H40N2O6/c1-15(26-33-11-10-31-4)16-7-9-25(30)18-12-20(27-32-5)19-13-21(28)22(29)14-23(19,2)17(18)6-8-24(16,25)3/h12,16-17,19,21-22,28-30H,6-11,13-14H2,1-5H3/b26-15-,27-20+/t16-,17?,19?,21-,22+,23-,24-,25-/m1/s1. The highest BCUT2D eigenvalue weighted by atomic mass is 16.6. The van der Waals surface area contributed by atoms with Gasteiger partial charge in [-0.05, 0) is 68.4 Å². The van der Waals surface area contributed by atoms with Crippen LogP contribution in [0, 0.1) is 28.6 Å². The minimum Gasteiger partial charge on any atom is -0.399 e. The first-order valence-electron chi connectivity index (χ1n) is 12.2. The van der Waals surface area contributed by atoms with E-state index >= 15 is 0 Å². The van der Waals surface area contributed by atoms with Crippen LogP contribution in [0.15, 0.2) is 22.0 Å². The van der Waals surface area contributed by atoms with Crippen LogP contribution in [0.25, 0.3) is 0 Å². The van der Waals surface area contributed by atoms with E-state index < -0.39 is 17.8 Å². The molecule has 0 amide bonds. The lowest BCUT2D eigenvalue weighted by atomic mass is 9.46. The van der Waals surface area contributed by atoms with Gasteiger partial charge in [0.15, 0.2) is 0 Å². The molecule has 0 radical (unpaired) electrons. The second kappa shape index (κ2) is 8.95. The van der Waals surface area contributed by atoms with Crippen LogP contribution in [0.5, 0.6) is 0 Å². The number of aliphatic hydroxyl groups excluding tert-OH is 2. The summed E-state index contributed by atoms with van der Waals surface area (Å²) in [4.78, 5) is 10.6. The Hall–Kier alpha value is -1.48. The fourth-order valence-corrected chi connectivity index (χ4v) is 7.59. The van der Waals surface area contributed by atoms with E-state index in [2.05, 4.69) is 24.2 Å². The Balaban J connectivity index is 1.71. The third-order valence-corrected chi connectivity index (χ3v) is 9.43. The third-order valence-electron chi connectivity index (χ3n) is 9.43. The van der Waals surface area contributed by atoms with Gasteiger partial charge in [0.1, 0.15) is 13.7 Å². The zero-order valence-electron chi connectivity index (χ0n) is 20.6. The van der Waals surface area contributed by atoms with Gasteiger partial charge in [0, 0.05) is 24.4 Å². The van der Waals surface area contributed by atoms with E-state index in [1.165, 1.54) is 7.11 Å². The zero-order chi connectivity index (χ0) is 24.0. The molecule has 33 heavy (non-hydrogen) atoms. The lowest BCUT2D eigenvalue weighted by molar-refractivity contribution is -0.116. The summed E-state index contributed by atoms with van der Waals surface area (Å²) >= 11 is 0. The van der Waals surface area contributed by atoms with Crippen LogP contribution in [-0.4, -0.2) is 72.0 Å². The molecule has 0 aromatic carbocycles. The molecule has 4 aliphatic rings. The fraction of sp³-hybridized carbons (Fsp3) is 0.840. The molecule has 2 unspecified atom stereocenters. The van der Waals surface area contributed by atoms with Gasteiger partial charge in [-0.3, -0.25) is 0 Å². The molecule has 186 valence electrons. The Morgan fingerprint density at radius 3 is 2.55 bits per heavy atom. The van der Waals surface area contributed by atoms with Crippen molar-refractivity contribution < 1.29 is 29.7 Å². The summed E-state index contributed by atoms with van der Waals surface area (Å²) < 4.78 is 5.03. The largest absolute Gasteiger partial charge is 0.399 e. The second-order valence-corrected chi connectivity index (χ2v) is 11.0. The van der Waals surface area contributed by atoms with Crippen molar-refractivity contribution in [2.45, 2.75) is 77.1 Å². The first-order chi connectivity index (χ1) is 15.6. The van der Waals surface area contributed by atoms with E-state index in [4.69, 9.17) is 14.4 Å². The summed E-state index contributed by atoms with van der Waals surface area (Å²) in [7, 11) is 3.16. The quantitative estimate of drug-likeness (QED) is 0.316. The molecule has 0 spiro atoms. The Morgan fingerprint density at radius 2 is 1.85 bits per heavy atom. The summed E-state index contributed by atoms with van der Waals surface area (Å²) in [5.74, 6) is 0.207. The maximum Gasteiger partial charge on any atom is 0.140 e. The van der Waals surface area contributed by atoms with Crippen molar-refractivity contribution in [3.05, 3.63) is 11.6 Å². The molecule has 4 rings (SSSR count). The summed E-state index contributed by atoms with van der Waals surface area (Å²) in [6.07, 6.45) is 4.67. The van der Waals surface area contributed by atoms with Crippen LogP contribution in [0.3, 0.4) is 0 Å². The van der Waals surface area contributed by atoms with Crippen molar-refractivity contribution in [3.8, 4) is 0 Å². The monoisotopic (exact) mass is 464 g/mol. The highest BCUT2D eigenvalue weighted by Crippen LogP contribution is 2.67. The molecule has 0 aliphatic heterocycles. The molecule has 0 saturated heterocycles. The molecule has 0 heterocycles. The van der Waals surface area contributed by atoms with E-state index in [1.54, 1.807) is 7.11 Å². The molecule has 0 aromatic rings. The number of rotatable bonds is 6. The number of hydrogen-bond acceptors (Lipinski definition) is 8. The molecule has 3 saturated carbocycles. The molecule has 8 nitrogen and oxygen atoms in total. The highest BCUT2D eigenvalue weighted by Gasteiger charge is 2.66. The highest BCUT2D eigenvalue weighted by molar-refractivity contribution is 5.99. The van der Waals surface area contributed by atoms with Gasteiger partial charge < -0.3 is 29.7 Å². The van der Waals surface area contributed by atoms with Crippen LogP contribution in [0.2, 0.25) is 0 Å². The lowest BCUT2D eigenvalue weighted by Gasteiger charge is -2.60. The van der Waals surface area contributed by atoms with E-state index in [1.807, 2.05) is 13.0 Å². The molecular weight excluding hydrogens is 424 g/mol. The van der Waals surface area contributed by atoms with Crippen molar-refractivity contribution in [2.24, 2.45) is 38.9 Å². The Bertz CT molecular complexity index is 843. The third kappa shape index (κ3) is 3.74. The molecule has 0 aromatic heterocycles. The van der Waals surface area contributed by atoms with Gasteiger partial charge in [-0.1, -0.05) is 24.2 Å². The number of fused-ring (bicyclic) bond motifs is 5. The number of hydrogen-bond donors (Lipinski definition) is 3. The van der Waals surface area contributed by atoms with Crippen molar-refractivity contribution in [2.75, 3.05) is 27.4 Å². The predicted octanol–water partition coefficient (Wildman–Crippen LogP) is 2.66. The SMILES string of the molecule is COCCO/N=C(/C)[C@H]1CC[C@@]2(O)C3=C/C(=N\OC)C4C[C@@H](O)[C@@H](O)C[C@]4(C)C3CC[C@]12C. The summed E-state index contributed by atoms with van der Waals surface area (Å²) in [6.45, 7) is 7.24. The first-order valence-corrected chi connectivity index (χ1v) is 12.2. The number of allylic oxidation sites excluding steroid dienone is 1. The van der Waals surface area contributed by atoms with Gasteiger partial charge in [0.25, 0.3) is 0 Å². The summed E-state index contributed by atoms with van der Waals surface area (Å²) in [5.41, 5.74) is 0.999. The number of ether oxygens (including phenoxy) is 1. The van der Waals surface area contributed by atoms with Crippen LogP contribution in [0.4, 0.5) is 0 Å². The van der Waals surface area contributed by atoms with Gasteiger partial charge in [-0.25, -0.2) is 0 Å². The van der Waals surface area contributed by atoms with E-state index in [-0.39, 0.29) is 28.6 Å². The second-order valence-electron chi connectivity index (χ2n) is 11.0. The van der Waals surface area contributed by atoms with Gasteiger partial charge in [0.2, 0.25) is 0 Å². The van der Waals surface area contributed by atoms with Crippen molar-refractivity contribution in [3.63, 3.8) is 0 Å². The minimum absolute atomic E-state index is 0.0211. The zero-order valence-corrected chi connectivity index (χ0v) is 20.6. The summed E-state index contributed by atoms with van der Waals surface area (Å²) in [6, 6.07) is 0. The summed E-state index contributed by atoms with van der Waals surface area (Å²) in [5, 5.41) is 42.0. The molecule has 3 fully saturated rings. The van der Waals surface area contributed by atoms with Crippen LogP contribution >= 0.6 is 0 Å². The average molecular weight is 465 g/mol. The number of methoxy groups -OCH3 is 1. The molecule has 4 aliphatic carbocycles. The van der Waals surface area contributed by atoms with E-state index in [0.29, 0.717) is 32.5 Å².